The number of hydrogen-bond donors (Lipinski definition) is 3. The molecule has 2 atom stereocenters. The number of rotatable bonds is 4. The van der Waals surface area contributed by atoms with E-state index in [2.05, 4.69) is 13.5 Å². The Bertz CT molecular complexity index is 267. The Kier molecular flexibility index (Phi) is 7.81. The van der Waals surface area contributed by atoms with Crippen molar-refractivity contribution in [1.82, 2.24) is 0 Å². The standard InChI is InChI=1S/C8H18NO.H2O4S/c1-5-7-9(4,6-2)8(3)10;1-5(2,3)4/h5,8,10H,1,6-7H2,2-4H3;(H2,1,2,3,4)/q+1;. The normalized spacial score (nSPS) is 16.9. The van der Waals surface area contributed by atoms with Crippen LogP contribution in [-0.2, 0) is 10.4 Å². The lowest BCUT2D eigenvalue weighted by Crippen LogP contribution is -2.50. The summed E-state index contributed by atoms with van der Waals surface area (Å²) in [7, 11) is -2.65. The number of nitrogens with zero attached hydrogens (tertiary/aromatic N) is 1. The summed E-state index contributed by atoms with van der Waals surface area (Å²) >= 11 is 0. The van der Waals surface area contributed by atoms with E-state index in [1.54, 1.807) is 0 Å². The molecule has 15 heavy (non-hydrogen) atoms. The van der Waals surface area contributed by atoms with Crippen molar-refractivity contribution in [3.8, 4) is 0 Å². The highest BCUT2D eigenvalue weighted by molar-refractivity contribution is 7.79. The third-order valence-corrected chi connectivity index (χ3v) is 2.17. The predicted octanol–water partition coefficient (Wildman–Crippen LogP) is 0.324. The second-order valence-electron chi connectivity index (χ2n) is 3.35. The van der Waals surface area contributed by atoms with Gasteiger partial charge >= 0.3 is 10.4 Å². The maximum Gasteiger partial charge on any atom is 0.394 e. The van der Waals surface area contributed by atoms with Crippen LogP contribution in [0.25, 0.3) is 0 Å². The van der Waals surface area contributed by atoms with E-state index in [-0.39, 0.29) is 6.23 Å². The van der Waals surface area contributed by atoms with E-state index in [4.69, 9.17) is 17.5 Å². The quantitative estimate of drug-likeness (QED) is 0.286. The molecule has 0 rings (SSSR count). The van der Waals surface area contributed by atoms with Crippen LogP contribution < -0.4 is 0 Å². The molecule has 0 aromatic carbocycles. The Balaban J connectivity index is 0. The molecular weight excluding hydrogens is 222 g/mol. The zero-order valence-corrected chi connectivity index (χ0v) is 10.1. The highest BCUT2D eigenvalue weighted by Gasteiger charge is 2.22. The fraction of sp³-hybridized carbons (Fsp3) is 0.750. The molecule has 92 valence electrons. The van der Waals surface area contributed by atoms with E-state index in [1.165, 1.54) is 0 Å². The average molecular weight is 242 g/mol. The summed E-state index contributed by atoms with van der Waals surface area (Å²) < 4.78 is 32.2. The number of aliphatic hydroxyl groups excluding tert-OH is 1. The number of likely N-dealkylation sites (N-methyl/N-ethyl adjacent to an activating group) is 1. The third kappa shape index (κ3) is 11.5. The zero-order valence-electron chi connectivity index (χ0n) is 9.29. The summed E-state index contributed by atoms with van der Waals surface area (Å²) in [5, 5.41) is 9.33. The van der Waals surface area contributed by atoms with Gasteiger partial charge in [-0.25, -0.2) is 0 Å². The highest BCUT2D eigenvalue weighted by Crippen LogP contribution is 2.06. The van der Waals surface area contributed by atoms with Crippen molar-refractivity contribution in [1.29, 1.82) is 0 Å². The van der Waals surface area contributed by atoms with Crippen LogP contribution >= 0.6 is 0 Å². The SMILES string of the molecule is C=CC[N+](C)(CC)C(C)O.O=S(=O)(O)O. The molecule has 0 aromatic rings. The molecule has 0 aliphatic heterocycles. The molecule has 0 fully saturated rings. The minimum absolute atomic E-state index is 0.303. The van der Waals surface area contributed by atoms with E-state index >= 15 is 0 Å². The van der Waals surface area contributed by atoms with Gasteiger partial charge in [0.1, 0.15) is 0 Å². The van der Waals surface area contributed by atoms with Gasteiger partial charge in [-0.15, -0.1) is 0 Å². The fourth-order valence-electron chi connectivity index (χ4n) is 0.841. The van der Waals surface area contributed by atoms with Crippen molar-refractivity contribution in [3.05, 3.63) is 12.7 Å². The Labute approximate surface area is 91.0 Å². The molecule has 0 bridgehead atoms. The van der Waals surface area contributed by atoms with Gasteiger partial charge in [-0.05, 0) is 13.0 Å². The highest BCUT2D eigenvalue weighted by atomic mass is 32.3. The molecule has 0 spiro atoms. The first-order chi connectivity index (χ1) is 6.56. The van der Waals surface area contributed by atoms with Crippen molar-refractivity contribution >= 4 is 10.4 Å². The first kappa shape index (κ1) is 16.9. The molecule has 6 nitrogen and oxygen atoms in total. The molecule has 0 saturated heterocycles. The summed E-state index contributed by atoms with van der Waals surface area (Å²) in [6, 6.07) is 0. The summed E-state index contributed by atoms with van der Waals surface area (Å²) in [6.07, 6.45) is 1.54. The minimum atomic E-state index is -4.67. The van der Waals surface area contributed by atoms with E-state index in [0.717, 1.165) is 13.1 Å². The van der Waals surface area contributed by atoms with Crippen LogP contribution in [0.1, 0.15) is 13.8 Å². The van der Waals surface area contributed by atoms with Crippen molar-refractivity contribution in [2.45, 2.75) is 20.1 Å². The number of aliphatic hydroxyl groups is 1. The lowest BCUT2D eigenvalue weighted by molar-refractivity contribution is -0.945. The predicted molar refractivity (Wildman–Crippen MR) is 57.6 cm³/mol. The van der Waals surface area contributed by atoms with Crippen LogP contribution in [0.5, 0.6) is 0 Å². The van der Waals surface area contributed by atoms with Gasteiger partial charge in [-0.2, -0.15) is 8.42 Å². The average Bonchev–Trinajstić information content (AvgIpc) is 2.01. The summed E-state index contributed by atoms with van der Waals surface area (Å²) in [6.45, 7) is 9.29. The fourth-order valence-corrected chi connectivity index (χ4v) is 0.841. The van der Waals surface area contributed by atoms with Crippen LogP contribution in [-0.4, -0.2) is 53.5 Å². The van der Waals surface area contributed by atoms with E-state index in [1.807, 2.05) is 20.0 Å². The maximum absolute atomic E-state index is 9.33. The van der Waals surface area contributed by atoms with Crippen LogP contribution in [0.2, 0.25) is 0 Å². The van der Waals surface area contributed by atoms with E-state index in [0.29, 0.717) is 4.48 Å². The second-order valence-corrected chi connectivity index (χ2v) is 4.24. The van der Waals surface area contributed by atoms with Gasteiger partial charge in [-0.3, -0.25) is 13.6 Å². The van der Waals surface area contributed by atoms with Gasteiger partial charge in [-0.1, -0.05) is 6.58 Å². The Morgan fingerprint density at radius 2 is 1.80 bits per heavy atom. The molecule has 0 amide bonds. The maximum atomic E-state index is 9.33. The lowest BCUT2D eigenvalue weighted by Gasteiger charge is -2.34. The Hall–Kier alpha value is -0.470. The van der Waals surface area contributed by atoms with E-state index in [9.17, 15) is 5.11 Å². The minimum Gasteiger partial charge on any atom is -0.345 e. The molecule has 0 saturated carbocycles. The molecule has 0 heterocycles. The zero-order chi connectivity index (χ0) is 12.7. The topological polar surface area (TPSA) is 94.8 Å². The van der Waals surface area contributed by atoms with Crippen LogP contribution in [0, 0.1) is 0 Å². The molecule has 7 heteroatoms. The van der Waals surface area contributed by atoms with Crippen molar-refractivity contribution in [2.24, 2.45) is 0 Å². The Morgan fingerprint density at radius 1 is 1.47 bits per heavy atom. The largest absolute Gasteiger partial charge is 0.394 e. The molecule has 0 aliphatic carbocycles. The first-order valence-corrected chi connectivity index (χ1v) is 5.79. The molecule has 3 N–H and O–H groups in total. The summed E-state index contributed by atoms with van der Waals surface area (Å²) in [5.41, 5.74) is 0. The second kappa shape index (κ2) is 6.91. The van der Waals surface area contributed by atoms with Gasteiger partial charge in [0.15, 0.2) is 6.23 Å². The number of quaternary nitrogens is 1. The van der Waals surface area contributed by atoms with Crippen LogP contribution in [0.15, 0.2) is 12.7 Å². The van der Waals surface area contributed by atoms with Crippen molar-refractivity contribution in [2.75, 3.05) is 20.1 Å². The lowest BCUT2D eigenvalue weighted by atomic mass is 10.3. The molecule has 2 unspecified atom stereocenters. The molecule has 0 aromatic heterocycles. The van der Waals surface area contributed by atoms with Crippen LogP contribution in [0.4, 0.5) is 0 Å². The van der Waals surface area contributed by atoms with Gasteiger partial charge < -0.3 is 5.11 Å². The van der Waals surface area contributed by atoms with Crippen molar-refractivity contribution in [3.63, 3.8) is 0 Å². The molecule has 0 radical (unpaired) electrons. The van der Waals surface area contributed by atoms with Crippen LogP contribution in [0.3, 0.4) is 0 Å². The van der Waals surface area contributed by atoms with Gasteiger partial charge in [0.2, 0.25) is 0 Å². The van der Waals surface area contributed by atoms with Gasteiger partial charge in [0, 0.05) is 6.92 Å². The molecular formula is C8H20NO5S+. The monoisotopic (exact) mass is 242 g/mol. The van der Waals surface area contributed by atoms with Crippen molar-refractivity contribution < 1.29 is 27.1 Å². The third-order valence-electron chi connectivity index (χ3n) is 2.17. The summed E-state index contributed by atoms with van der Waals surface area (Å²) in [4.78, 5) is 0. The Morgan fingerprint density at radius 3 is 1.87 bits per heavy atom. The van der Waals surface area contributed by atoms with E-state index < -0.39 is 10.4 Å². The summed E-state index contributed by atoms with van der Waals surface area (Å²) in [5.74, 6) is 0. The smallest absolute Gasteiger partial charge is 0.345 e. The van der Waals surface area contributed by atoms with Gasteiger partial charge in [0.05, 0.1) is 20.1 Å². The molecule has 0 aliphatic rings. The first-order valence-electron chi connectivity index (χ1n) is 4.40. The van der Waals surface area contributed by atoms with Gasteiger partial charge in [0.25, 0.3) is 0 Å². The number of hydrogen-bond acceptors (Lipinski definition) is 3.